The van der Waals surface area contributed by atoms with Gasteiger partial charge in [0.05, 0.1) is 5.69 Å². The van der Waals surface area contributed by atoms with E-state index in [2.05, 4.69) is 81.7 Å². The highest BCUT2D eigenvalue weighted by atomic mass is 79.9. The Bertz CT molecular complexity index is 781. The number of hydrogen-bond acceptors (Lipinski definition) is 3. The van der Waals surface area contributed by atoms with Gasteiger partial charge in [-0.05, 0) is 37.3 Å². The molecule has 0 fully saturated rings. The Hall–Kier alpha value is -1.59. The van der Waals surface area contributed by atoms with Gasteiger partial charge in [-0.3, -0.25) is 0 Å². The van der Waals surface area contributed by atoms with E-state index in [0.29, 0.717) is 0 Å². The molecule has 0 unspecified atom stereocenters. The summed E-state index contributed by atoms with van der Waals surface area (Å²) >= 11 is 5.23. The highest BCUT2D eigenvalue weighted by molar-refractivity contribution is 9.10. The molecular formula is C17H16BrN3S. The summed E-state index contributed by atoms with van der Waals surface area (Å²) in [6, 6.07) is 16.8. The van der Waals surface area contributed by atoms with Gasteiger partial charge in [-0.15, -0.1) is 16.9 Å². The summed E-state index contributed by atoms with van der Waals surface area (Å²) in [5, 5.41) is 8.53. The third kappa shape index (κ3) is 3.42. The molecular weight excluding hydrogens is 358 g/mol. The van der Waals surface area contributed by atoms with Crippen molar-refractivity contribution in [3.05, 3.63) is 64.3 Å². The summed E-state index contributed by atoms with van der Waals surface area (Å²) < 4.78 is 2.95. The van der Waals surface area contributed by atoms with Crippen LogP contribution in [0.3, 0.4) is 0 Å². The largest absolute Gasteiger partial charge is 0.247 e. The van der Waals surface area contributed by atoms with Crippen molar-refractivity contribution < 1.29 is 0 Å². The van der Waals surface area contributed by atoms with Crippen molar-refractivity contribution in [3.63, 3.8) is 0 Å². The molecule has 3 nitrogen and oxygen atoms in total. The summed E-state index contributed by atoms with van der Waals surface area (Å²) in [5.41, 5.74) is 4.51. The van der Waals surface area contributed by atoms with E-state index in [1.165, 1.54) is 16.0 Å². The van der Waals surface area contributed by atoms with Gasteiger partial charge in [0.25, 0.3) is 0 Å². The van der Waals surface area contributed by atoms with Crippen LogP contribution in [-0.4, -0.2) is 15.0 Å². The molecule has 3 aromatic rings. The molecule has 3 rings (SSSR count). The molecule has 0 saturated heterocycles. The van der Waals surface area contributed by atoms with Crippen LogP contribution in [0.4, 0.5) is 0 Å². The topological polar surface area (TPSA) is 30.7 Å². The Morgan fingerprint density at radius 3 is 2.64 bits per heavy atom. The molecule has 0 aliphatic rings. The quantitative estimate of drug-likeness (QED) is 0.612. The third-order valence-corrected chi connectivity index (χ3v) is 4.93. The van der Waals surface area contributed by atoms with E-state index in [9.17, 15) is 0 Å². The lowest BCUT2D eigenvalue weighted by Gasteiger charge is -2.06. The van der Waals surface area contributed by atoms with Crippen LogP contribution in [-0.2, 0) is 12.8 Å². The normalized spacial score (nSPS) is 10.9. The van der Waals surface area contributed by atoms with Gasteiger partial charge < -0.3 is 0 Å². The average molecular weight is 374 g/mol. The molecule has 0 aliphatic heterocycles. The molecule has 112 valence electrons. The van der Waals surface area contributed by atoms with Crippen LogP contribution >= 0.6 is 27.7 Å². The van der Waals surface area contributed by atoms with Crippen molar-refractivity contribution in [1.29, 1.82) is 0 Å². The summed E-state index contributed by atoms with van der Waals surface area (Å²) in [6.45, 7) is 2.10. The van der Waals surface area contributed by atoms with Crippen LogP contribution < -0.4 is 0 Å². The summed E-state index contributed by atoms with van der Waals surface area (Å²) in [4.78, 5) is 1.23. The Kier molecular flexibility index (Phi) is 4.64. The predicted octanol–water partition coefficient (Wildman–Crippen LogP) is 4.85. The number of benzene rings is 2. The van der Waals surface area contributed by atoms with Gasteiger partial charge in [-0.2, -0.15) is 0 Å². The van der Waals surface area contributed by atoms with Gasteiger partial charge >= 0.3 is 0 Å². The van der Waals surface area contributed by atoms with Crippen molar-refractivity contribution in [2.75, 3.05) is 0 Å². The molecule has 2 aromatic carbocycles. The number of rotatable bonds is 4. The smallest absolute Gasteiger partial charge is 0.101 e. The number of halogens is 1. The van der Waals surface area contributed by atoms with Crippen LogP contribution in [0.1, 0.15) is 11.3 Å². The minimum Gasteiger partial charge on any atom is -0.247 e. The average Bonchev–Trinajstić information content (AvgIpc) is 2.87. The van der Waals surface area contributed by atoms with Crippen molar-refractivity contribution in [2.45, 2.75) is 17.6 Å². The molecule has 5 heteroatoms. The van der Waals surface area contributed by atoms with Crippen LogP contribution in [0.25, 0.3) is 11.3 Å². The van der Waals surface area contributed by atoms with Gasteiger partial charge in [0.2, 0.25) is 0 Å². The number of aromatic nitrogens is 3. The van der Waals surface area contributed by atoms with E-state index in [1.54, 1.807) is 11.8 Å². The van der Waals surface area contributed by atoms with Crippen molar-refractivity contribution in [3.8, 4) is 11.3 Å². The lowest BCUT2D eigenvalue weighted by molar-refractivity contribution is 0.719. The maximum absolute atomic E-state index is 4.34. The third-order valence-electron chi connectivity index (χ3n) is 3.38. The van der Waals surface area contributed by atoms with Gasteiger partial charge in [0.1, 0.15) is 5.69 Å². The van der Waals surface area contributed by atoms with Gasteiger partial charge in [0.15, 0.2) is 0 Å². The zero-order valence-corrected chi connectivity index (χ0v) is 14.9. The zero-order valence-electron chi connectivity index (χ0n) is 12.5. The number of nitrogens with zero attached hydrogens (tertiary/aromatic N) is 3. The fourth-order valence-corrected chi connectivity index (χ4v) is 3.42. The van der Waals surface area contributed by atoms with E-state index in [4.69, 9.17) is 0 Å². The SMILES string of the molecule is Cc1cccc(-c2c(CSc3ccc(Br)cc3)nnn2C)c1. The Balaban J connectivity index is 1.84. The predicted molar refractivity (Wildman–Crippen MR) is 94.9 cm³/mol. The maximum atomic E-state index is 4.34. The minimum absolute atomic E-state index is 0.804. The molecule has 0 bridgehead atoms. The standard InChI is InChI=1S/C17H16BrN3S/c1-12-4-3-5-13(10-12)17-16(19-20-21(17)2)11-22-15-8-6-14(18)7-9-15/h3-10H,11H2,1-2H3. The lowest BCUT2D eigenvalue weighted by Crippen LogP contribution is -1.95. The summed E-state index contributed by atoms with van der Waals surface area (Å²) in [7, 11) is 1.94. The first-order valence-electron chi connectivity index (χ1n) is 6.97. The van der Waals surface area contributed by atoms with Crippen LogP contribution in [0.2, 0.25) is 0 Å². The monoisotopic (exact) mass is 373 g/mol. The lowest BCUT2D eigenvalue weighted by atomic mass is 10.1. The molecule has 0 aliphatic carbocycles. The number of hydrogen-bond donors (Lipinski definition) is 0. The number of aryl methyl sites for hydroxylation is 2. The molecule has 1 aromatic heterocycles. The molecule has 0 atom stereocenters. The summed E-state index contributed by atoms with van der Waals surface area (Å²) in [5.74, 6) is 0.804. The Morgan fingerprint density at radius 2 is 1.91 bits per heavy atom. The highest BCUT2D eigenvalue weighted by Crippen LogP contribution is 2.29. The van der Waals surface area contributed by atoms with Crippen LogP contribution in [0, 0.1) is 6.92 Å². The molecule has 0 spiro atoms. The van der Waals surface area contributed by atoms with E-state index in [0.717, 1.165) is 21.6 Å². The first-order chi connectivity index (χ1) is 10.6. The first kappa shape index (κ1) is 15.3. The second-order valence-corrected chi connectivity index (χ2v) is 7.08. The fraction of sp³-hybridized carbons (Fsp3) is 0.176. The second kappa shape index (κ2) is 6.67. The van der Waals surface area contributed by atoms with Crippen molar-refractivity contribution in [2.24, 2.45) is 7.05 Å². The van der Waals surface area contributed by atoms with E-state index >= 15 is 0 Å². The molecule has 22 heavy (non-hydrogen) atoms. The van der Waals surface area contributed by atoms with Crippen LogP contribution in [0.15, 0.2) is 57.9 Å². The number of thioether (sulfide) groups is 1. The second-order valence-electron chi connectivity index (χ2n) is 5.12. The molecule has 0 amide bonds. The van der Waals surface area contributed by atoms with Crippen molar-refractivity contribution in [1.82, 2.24) is 15.0 Å². The Morgan fingerprint density at radius 1 is 1.14 bits per heavy atom. The fourth-order valence-electron chi connectivity index (χ4n) is 2.33. The highest BCUT2D eigenvalue weighted by Gasteiger charge is 2.13. The van der Waals surface area contributed by atoms with E-state index in [-0.39, 0.29) is 0 Å². The minimum atomic E-state index is 0.804. The Labute approximate surface area is 142 Å². The molecule has 0 N–H and O–H groups in total. The van der Waals surface area contributed by atoms with Crippen molar-refractivity contribution >= 4 is 27.7 Å². The van der Waals surface area contributed by atoms with E-state index in [1.807, 2.05) is 11.7 Å². The summed E-state index contributed by atoms with van der Waals surface area (Å²) in [6.07, 6.45) is 0. The molecule has 0 radical (unpaired) electrons. The maximum Gasteiger partial charge on any atom is 0.101 e. The van der Waals surface area contributed by atoms with Gasteiger partial charge in [-0.1, -0.05) is 44.9 Å². The van der Waals surface area contributed by atoms with Gasteiger partial charge in [-0.25, -0.2) is 4.68 Å². The van der Waals surface area contributed by atoms with Gasteiger partial charge in [0, 0.05) is 27.7 Å². The molecule has 0 saturated carbocycles. The van der Waals surface area contributed by atoms with Crippen LogP contribution in [0.5, 0.6) is 0 Å². The zero-order chi connectivity index (χ0) is 15.5. The first-order valence-corrected chi connectivity index (χ1v) is 8.75. The molecule has 1 heterocycles. The van der Waals surface area contributed by atoms with E-state index < -0.39 is 0 Å².